The van der Waals surface area contributed by atoms with E-state index in [1.165, 1.54) is 0 Å². The number of benzene rings is 1. The Hall–Kier alpha value is -2.01. The largest absolute Gasteiger partial charge is 0.493 e. The normalized spacial score (nSPS) is 10.1. The SMILES string of the molecule is C=CCc1cc(C(=O)NCCCOCC)cc(OC)c1OC. The van der Waals surface area contributed by atoms with Gasteiger partial charge in [-0.1, -0.05) is 6.08 Å². The number of hydrogen-bond donors (Lipinski definition) is 1. The fourth-order valence-electron chi connectivity index (χ4n) is 2.10. The molecule has 0 saturated heterocycles. The van der Waals surface area contributed by atoms with Gasteiger partial charge in [-0.3, -0.25) is 4.79 Å². The Kier molecular flexibility index (Phi) is 8.07. The molecule has 1 amide bonds. The predicted octanol–water partition coefficient (Wildman–Crippen LogP) is 2.59. The van der Waals surface area contributed by atoms with E-state index in [9.17, 15) is 4.79 Å². The molecule has 22 heavy (non-hydrogen) atoms. The fraction of sp³-hybridized carbons (Fsp3) is 0.471. The van der Waals surface area contributed by atoms with Crippen LogP contribution in [-0.2, 0) is 11.2 Å². The smallest absolute Gasteiger partial charge is 0.251 e. The molecule has 5 nitrogen and oxygen atoms in total. The van der Waals surface area contributed by atoms with Gasteiger partial charge in [-0.2, -0.15) is 0 Å². The number of carbonyl (C=O) groups excluding carboxylic acids is 1. The first-order valence-electron chi connectivity index (χ1n) is 7.39. The minimum atomic E-state index is -0.136. The quantitative estimate of drug-likeness (QED) is 0.533. The summed E-state index contributed by atoms with van der Waals surface area (Å²) in [6.07, 6.45) is 3.15. The van der Waals surface area contributed by atoms with Crippen molar-refractivity contribution >= 4 is 5.91 Å². The zero-order chi connectivity index (χ0) is 16.4. The average Bonchev–Trinajstić information content (AvgIpc) is 2.53. The van der Waals surface area contributed by atoms with Gasteiger partial charge in [-0.25, -0.2) is 0 Å². The second-order valence-electron chi connectivity index (χ2n) is 4.67. The van der Waals surface area contributed by atoms with E-state index in [0.29, 0.717) is 43.2 Å². The van der Waals surface area contributed by atoms with Gasteiger partial charge in [-0.15, -0.1) is 6.58 Å². The zero-order valence-corrected chi connectivity index (χ0v) is 13.6. The summed E-state index contributed by atoms with van der Waals surface area (Å²) in [6, 6.07) is 3.49. The lowest BCUT2D eigenvalue weighted by atomic mass is 10.0. The van der Waals surface area contributed by atoms with Crippen molar-refractivity contribution in [1.82, 2.24) is 5.32 Å². The number of hydrogen-bond acceptors (Lipinski definition) is 4. The Balaban J connectivity index is 2.82. The van der Waals surface area contributed by atoms with Gasteiger partial charge in [0.2, 0.25) is 0 Å². The predicted molar refractivity (Wildman–Crippen MR) is 86.9 cm³/mol. The highest BCUT2D eigenvalue weighted by molar-refractivity contribution is 5.95. The van der Waals surface area contributed by atoms with Gasteiger partial charge >= 0.3 is 0 Å². The number of nitrogens with one attached hydrogen (secondary N) is 1. The van der Waals surface area contributed by atoms with Gasteiger partial charge in [-0.05, 0) is 31.9 Å². The molecular formula is C17H25NO4. The molecule has 1 rings (SSSR count). The van der Waals surface area contributed by atoms with Crippen molar-refractivity contribution in [3.63, 3.8) is 0 Å². The molecule has 0 heterocycles. The Morgan fingerprint density at radius 2 is 2.09 bits per heavy atom. The fourth-order valence-corrected chi connectivity index (χ4v) is 2.10. The molecule has 0 saturated carbocycles. The van der Waals surface area contributed by atoms with E-state index in [0.717, 1.165) is 12.0 Å². The van der Waals surface area contributed by atoms with Gasteiger partial charge in [0, 0.05) is 30.9 Å². The molecular weight excluding hydrogens is 282 g/mol. The molecule has 122 valence electrons. The third-order valence-corrected chi connectivity index (χ3v) is 3.14. The number of carbonyl (C=O) groups is 1. The number of allylic oxidation sites excluding steroid dienone is 1. The molecule has 0 fully saturated rings. The van der Waals surface area contributed by atoms with Gasteiger partial charge in [0.1, 0.15) is 0 Å². The number of methoxy groups -OCH3 is 2. The molecule has 0 aromatic heterocycles. The van der Waals surface area contributed by atoms with Crippen LogP contribution in [0.4, 0.5) is 0 Å². The second kappa shape index (κ2) is 9.84. The molecule has 0 radical (unpaired) electrons. The van der Waals surface area contributed by atoms with Crippen LogP contribution in [0.5, 0.6) is 11.5 Å². The van der Waals surface area contributed by atoms with Gasteiger partial charge in [0.15, 0.2) is 11.5 Å². The zero-order valence-electron chi connectivity index (χ0n) is 13.6. The summed E-state index contributed by atoms with van der Waals surface area (Å²) in [7, 11) is 3.14. The summed E-state index contributed by atoms with van der Waals surface area (Å²) in [6.45, 7) is 7.58. The van der Waals surface area contributed by atoms with Crippen LogP contribution < -0.4 is 14.8 Å². The lowest BCUT2D eigenvalue weighted by Crippen LogP contribution is -2.25. The first-order chi connectivity index (χ1) is 10.7. The molecule has 0 aliphatic rings. The van der Waals surface area contributed by atoms with Crippen LogP contribution in [0.1, 0.15) is 29.3 Å². The molecule has 0 atom stereocenters. The van der Waals surface area contributed by atoms with Crippen LogP contribution in [0.2, 0.25) is 0 Å². The molecule has 0 unspecified atom stereocenters. The molecule has 1 aromatic rings. The first kappa shape index (κ1) is 18.0. The summed E-state index contributed by atoms with van der Waals surface area (Å²) < 4.78 is 15.9. The summed E-state index contributed by atoms with van der Waals surface area (Å²) in [5.41, 5.74) is 1.42. The summed E-state index contributed by atoms with van der Waals surface area (Å²) in [5, 5.41) is 2.87. The van der Waals surface area contributed by atoms with Crippen molar-refractivity contribution in [2.45, 2.75) is 19.8 Å². The highest BCUT2D eigenvalue weighted by Gasteiger charge is 2.15. The lowest BCUT2D eigenvalue weighted by Gasteiger charge is -2.14. The van der Waals surface area contributed by atoms with Crippen LogP contribution in [0, 0.1) is 0 Å². The van der Waals surface area contributed by atoms with Crippen molar-refractivity contribution < 1.29 is 19.0 Å². The summed E-state index contributed by atoms with van der Waals surface area (Å²) >= 11 is 0. The molecule has 0 aliphatic carbocycles. The van der Waals surface area contributed by atoms with Crippen LogP contribution in [0.3, 0.4) is 0 Å². The molecule has 0 spiro atoms. The van der Waals surface area contributed by atoms with E-state index >= 15 is 0 Å². The molecule has 1 N–H and O–H groups in total. The minimum absolute atomic E-state index is 0.136. The summed E-state index contributed by atoms with van der Waals surface area (Å²) in [4.78, 5) is 12.2. The Morgan fingerprint density at radius 3 is 2.68 bits per heavy atom. The lowest BCUT2D eigenvalue weighted by molar-refractivity contribution is 0.0943. The molecule has 5 heteroatoms. The van der Waals surface area contributed by atoms with Gasteiger partial charge in [0.25, 0.3) is 5.91 Å². The third kappa shape index (κ3) is 5.07. The first-order valence-corrected chi connectivity index (χ1v) is 7.39. The van der Waals surface area contributed by atoms with Crippen LogP contribution in [0.15, 0.2) is 24.8 Å². The van der Waals surface area contributed by atoms with E-state index in [2.05, 4.69) is 11.9 Å². The molecule has 0 bridgehead atoms. The number of amides is 1. The topological polar surface area (TPSA) is 56.8 Å². The van der Waals surface area contributed by atoms with Gasteiger partial charge in [0.05, 0.1) is 14.2 Å². The van der Waals surface area contributed by atoms with Gasteiger partial charge < -0.3 is 19.5 Å². The average molecular weight is 307 g/mol. The Labute approximate surface area is 132 Å². The van der Waals surface area contributed by atoms with Crippen molar-refractivity contribution in [2.75, 3.05) is 34.0 Å². The third-order valence-electron chi connectivity index (χ3n) is 3.14. The van der Waals surface area contributed by atoms with Crippen molar-refractivity contribution in [1.29, 1.82) is 0 Å². The maximum atomic E-state index is 12.2. The monoisotopic (exact) mass is 307 g/mol. The van der Waals surface area contributed by atoms with Crippen molar-refractivity contribution in [2.24, 2.45) is 0 Å². The Bertz CT molecular complexity index is 500. The standard InChI is InChI=1S/C17H25NO4/c1-5-8-13-11-14(12-15(20-3)16(13)21-4)17(19)18-9-7-10-22-6-2/h5,11-12H,1,6-10H2,2-4H3,(H,18,19). The minimum Gasteiger partial charge on any atom is -0.493 e. The van der Waals surface area contributed by atoms with Crippen LogP contribution in [-0.4, -0.2) is 39.9 Å². The number of rotatable bonds is 10. The Morgan fingerprint density at radius 1 is 1.32 bits per heavy atom. The van der Waals surface area contributed by atoms with Crippen molar-refractivity contribution in [3.8, 4) is 11.5 Å². The van der Waals surface area contributed by atoms with E-state index in [4.69, 9.17) is 14.2 Å². The molecule has 0 aliphatic heterocycles. The van der Waals surface area contributed by atoms with Crippen LogP contribution >= 0.6 is 0 Å². The second-order valence-corrected chi connectivity index (χ2v) is 4.67. The van der Waals surface area contributed by atoms with Crippen molar-refractivity contribution in [3.05, 3.63) is 35.9 Å². The van der Waals surface area contributed by atoms with E-state index in [1.54, 1.807) is 32.4 Å². The summed E-state index contributed by atoms with van der Waals surface area (Å²) in [5.74, 6) is 1.04. The highest BCUT2D eigenvalue weighted by atomic mass is 16.5. The maximum absolute atomic E-state index is 12.2. The molecule has 1 aromatic carbocycles. The maximum Gasteiger partial charge on any atom is 0.251 e. The van der Waals surface area contributed by atoms with E-state index in [1.807, 2.05) is 6.92 Å². The highest BCUT2D eigenvalue weighted by Crippen LogP contribution is 2.33. The van der Waals surface area contributed by atoms with Crippen LogP contribution in [0.25, 0.3) is 0 Å². The van der Waals surface area contributed by atoms with E-state index < -0.39 is 0 Å². The van der Waals surface area contributed by atoms with E-state index in [-0.39, 0.29) is 5.91 Å². The number of ether oxygens (including phenoxy) is 3.